The van der Waals surface area contributed by atoms with Gasteiger partial charge in [-0.2, -0.15) is 0 Å². The second-order valence-electron chi connectivity index (χ2n) is 4.93. The smallest absolute Gasteiger partial charge is 0.252 e. The Morgan fingerprint density at radius 1 is 1.37 bits per heavy atom. The van der Waals surface area contributed by atoms with Gasteiger partial charge in [-0.1, -0.05) is 12.1 Å². The monoisotopic (exact) mass is 327 g/mol. The number of carbonyl (C=O) groups excluding carboxylic acids is 1. The molecule has 5 heteroatoms. The number of amides is 1. The highest BCUT2D eigenvalue weighted by Gasteiger charge is 2.32. The number of nitrogens with one attached hydrogen (secondary N) is 1. The maximum Gasteiger partial charge on any atom is 0.252 e. The summed E-state index contributed by atoms with van der Waals surface area (Å²) in [5, 5.41) is 12.5. The SMILES string of the molecule is O=C(NCC1(CO)CCOCC1)c1ccccc1Br. The first kappa shape index (κ1) is 14.5. The van der Waals surface area contributed by atoms with Crippen LogP contribution in [0.1, 0.15) is 23.2 Å². The lowest BCUT2D eigenvalue weighted by Crippen LogP contribution is -2.43. The number of hydrogen-bond donors (Lipinski definition) is 2. The molecule has 104 valence electrons. The molecule has 1 fully saturated rings. The second kappa shape index (κ2) is 6.50. The van der Waals surface area contributed by atoms with Crippen molar-refractivity contribution in [1.82, 2.24) is 5.32 Å². The summed E-state index contributed by atoms with van der Waals surface area (Å²) in [4.78, 5) is 12.1. The summed E-state index contributed by atoms with van der Waals surface area (Å²) in [5.74, 6) is -0.119. The molecule has 1 aliphatic rings. The lowest BCUT2D eigenvalue weighted by molar-refractivity contribution is -0.0146. The van der Waals surface area contributed by atoms with Crippen molar-refractivity contribution in [2.24, 2.45) is 5.41 Å². The van der Waals surface area contributed by atoms with Crippen molar-refractivity contribution < 1.29 is 14.6 Å². The van der Waals surface area contributed by atoms with Crippen molar-refractivity contribution in [3.05, 3.63) is 34.3 Å². The zero-order valence-electron chi connectivity index (χ0n) is 10.7. The maximum absolute atomic E-state index is 12.1. The third-order valence-electron chi connectivity index (χ3n) is 3.63. The fraction of sp³-hybridized carbons (Fsp3) is 0.500. The molecular weight excluding hydrogens is 310 g/mol. The van der Waals surface area contributed by atoms with Gasteiger partial charge in [0.2, 0.25) is 0 Å². The highest BCUT2D eigenvalue weighted by molar-refractivity contribution is 9.10. The number of hydrogen-bond acceptors (Lipinski definition) is 3. The van der Waals surface area contributed by atoms with E-state index in [2.05, 4.69) is 21.2 Å². The lowest BCUT2D eigenvalue weighted by Gasteiger charge is -2.35. The van der Waals surface area contributed by atoms with Crippen LogP contribution in [0.3, 0.4) is 0 Å². The van der Waals surface area contributed by atoms with Crippen LogP contribution in [0, 0.1) is 5.41 Å². The number of aliphatic hydroxyl groups excluding tert-OH is 1. The van der Waals surface area contributed by atoms with Crippen molar-refractivity contribution in [1.29, 1.82) is 0 Å². The van der Waals surface area contributed by atoms with Gasteiger partial charge in [-0.25, -0.2) is 0 Å². The highest BCUT2D eigenvalue weighted by atomic mass is 79.9. The molecule has 4 nitrogen and oxygen atoms in total. The largest absolute Gasteiger partial charge is 0.396 e. The minimum Gasteiger partial charge on any atom is -0.396 e. The number of carbonyl (C=O) groups is 1. The van der Waals surface area contributed by atoms with Crippen LogP contribution in [-0.2, 0) is 4.74 Å². The number of rotatable bonds is 4. The Labute approximate surface area is 121 Å². The topological polar surface area (TPSA) is 58.6 Å². The van der Waals surface area contributed by atoms with Crippen LogP contribution in [-0.4, -0.2) is 37.4 Å². The average Bonchev–Trinajstić information content (AvgIpc) is 2.46. The van der Waals surface area contributed by atoms with Gasteiger partial charge in [0.15, 0.2) is 0 Å². The predicted octanol–water partition coefficient (Wildman–Crippen LogP) is 1.97. The van der Waals surface area contributed by atoms with Crippen molar-refractivity contribution in [3.8, 4) is 0 Å². The van der Waals surface area contributed by atoms with Gasteiger partial charge >= 0.3 is 0 Å². The molecule has 19 heavy (non-hydrogen) atoms. The maximum atomic E-state index is 12.1. The molecule has 0 spiro atoms. The van der Waals surface area contributed by atoms with Crippen LogP contribution in [0.5, 0.6) is 0 Å². The fourth-order valence-electron chi connectivity index (χ4n) is 2.20. The van der Waals surface area contributed by atoms with E-state index >= 15 is 0 Å². The molecule has 1 heterocycles. The molecule has 2 rings (SSSR count). The first-order valence-corrected chi connectivity index (χ1v) is 7.17. The van der Waals surface area contributed by atoms with Crippen molar-refractivity contribution in [2.75, 3.05) is 26.4 Å². The molecular formula is C14H18BrNO3. The van der Waals surface area contributed by atoms with Crippen molar-refractivity contribution >= 4 is 21.8 Å². The molecule has 0 radical (unpaired) electrons. The Bertz CT molecular complexity index is 444. The quantitative estimate of drug-likeness (QED) is 0.888. The number of ether oxygens (including phenoxy) is 1. The van der Waals surface area contributed by atoms with Gasteiger partial charge in [-0.05, 0) is 40.9 Å². The van der Waals surface area contributed by atoms with Crippen LogP contribution >= 0.6 is 15.9 Å². The van der Waals surface area contributed by atoms with E-state index in [9.17, 15) is 9.90 Å². The van der Waals surface area contributed by atoms with Crippen LogP contribution in [0.25, 0.3) is 0 Å². The number of halogens is 1. The average molecular weight is 328 g/mol. The molecule has 0 saturated carbocycles. The summed E-state index contributed by atoms with van der Waals surface area (Å²) in [7, 11) is 0. The molecule has 0 bridgehead atoms. The third-order valence-corrected chi connectivity index (χ3v) is 4.32. The van der Waals surface area contributed by atoms with E-state index in [-0.39, 0.29) is 17.9 Å². The van der Waals surface area contributed by atoms with Gasteiger partial charge in [0.1, 0.15) is 0 Å². The predicted molar refractivity (Wildman–Crippen MR) is 76.0 cm³/mol. The first-order valence-electron chi connectivity index (χ1n) is 6.38. The second-order valence-corrected chi connectivity index (χ2v) is 5.79. The Kier molecular flexibility index (Phi) is 4.96. The standard InChI is InChI=1S/C14H18BrNO3/c15-12-4-2-1-3-11(12)13(18)16-9-14(10-17)5-7-19-8-6-14/h1-4,17H,5-10H2,(H,16,18). The van der Waals surface area contributed by atoms with Crippen molar-refractivity contribution in [2.45, 2.75) is 12.8 Å². The molecule has 0 aromatic heterocycles. The fourth-order valence-corrected chi connectivity index (χ4v) is 2.67. The summed E-state index contributed by atoms with van der Waals surface area (Å²) >= 11 is 3.36. The molecule has 1 aromatic rings. The highest BCUT2D eigenvalue weighted by Crippen LogP contribution is 2.29. The number of benzene rings is 1. The van der Waals surface area contributed by atoms with E-state index in [4.69, 9.17) is 4.74 Å². The van der Waals surface area contributed by atoms with Gasteiger partial charge in [-0.15, -0.1) is 0 Å². The third kappa shape index (κ3) is 3.55. The zero-order valence-corrected chi connectivity index (χ0v) is 12.3. The van der Waals surface area contributed by atoms with E-state index in [1.807, 2.05) is 18.2 Å². The Morgan fingerprint density at radius 2 is 2.05 bits per heavy atom. The van der Waals surface area contributed by atoms with Gasteiger partial charge < -0.3 is 15.2 Å². The molecule has 0 aliphatic carbocycles. The molecule has 0 atom stereocenters. The lowest BCUT2D eigenvalue weighted by atomic mass is 9.81. The summed E-state index contributed by atoms with van der Waals surface area (Å²) in [6, 6.07) is 7.31. The Hall–Kier alpha value is -0.910. The van der Waals surface area contributed by atoms with Gasteiger partial charge in [0.05, 0.1) is 12.2 Å². The van der Waals surface area contributed by atoms with Crippen LogP contribution < -0.4 is 5.32 Å². The summed E-state index contributed by atoms with van der Waals surface area (Å²) in [6.07, 6.45) is 1.56. The molecule has 1 aliphatic heterocycles. The molecule has 1 amide bonds. The number of aliphatic hydroxyl groups is 1. The van der Waals surface area contributed by atoms with Crippen LogP contribution in [0.15, 0.2) is 28.7 Å². The first-order chi connectivity index (χ1) is 9.17. The molecule has 0 unspecified atom stereocenters. The summed E-state index contributed by atoms with van der Waals surface area (Å²) in [6.45, 7) is 1.84. The summed E-state index contributed by atoms with van der Waals surface area (Å²) in [5.41, 5.74) is 0.373. The van der Waals surface area contributed by atoms with Crippen LogP contribution in [0.2, 0.25) is 0 Å². The van der Waals surface area contributed by atoms with Gasteiger partial charge in [0, 0.05) is 29.6 Å². The Morgan fingerprint density at radius 3 is 2.68 bits per heavy atom. The normalized spacial score (nSPS) is 18.0. The van der Waals surface area contributed by atoms with E-state index in [0.29, 0.717) is 25.3 Å². The van der Waals surface area contributed by atoms with E-state index in [0.717, 1.165) is 17.3 Å². The van der Waals surface area contributed by atoms with Gasteiger partial charge in [-0.3, -0.25) is 4.79 Å². The minimum atomic E-state index is -0.241. The van der Waals surface area contributed by atoms with E-state index in [1.54, 1.807) is 6.07 Å². The van der Waals surface area contributed by atoms with E-state index in [1.165, 1.54) is 0 Å². The minimum absolute atomic E-state index is 0.0760. The molecule has 1 aromatic carbocycles. The molecule has 1 saturated heterocycles. The van der Waals surface area contributed by atoms with Gasteiger partial charge in [0.25, 0.3) is 5.91 Å². The van der Waals surface area contributed by atoms with E-state index < -0.39 is 0 Å². The summed E-state index contributed by atoms with van der Waals surface area (Å²) < 4.78 is 6.08. The zero-order chi connectivity index (χ0) is 13.7. The van der Waals surface area contributed by atoms with Crippen LogP contribution in [0.4, 0.5) is 0 Å². The molecule has 2 N–H and O–H groups in total. The Balaban J connectivity index is 1.98. The van der Waals surface area contributed by atoms with Crippen molar-refractivity contribution in [3.63, 3.8) is 0 Å².